The van der Waals surface area contributed by atoms with E-state index in [4.69, 9.17) is 0 Å². The lowest BCUT2D eigenvalue weighted by molar-refractivity contribution is -0.142. The molecule has 2 aliphatic heterocycles. The van der Waals surface area contributed by atoms with Crippen molar-refractivity contribution in [2.45, 2.75) is 19.4 Å². The van der Waals surface area contributed by atoms with Gasteiger partial charge in [-0.3, -0.25) is 9.59 Å². The predicted octanol–water partition coefficient (Wildman–Crippen LogP) is 1.28. The van der Waals surface area contributed by atoms with Crippen molar-refractivity contribution in [1.82, 2.24) is 10.2 Å². The largest absolute Gasteiger partial charge is 0.331 e. The van der Waals surface area contributed by atoms with E-state index in [0.29, 0.717) is 19.5 Å². The van der Waals surface area contributed by atoms with Gasteiger partial charge in [-0.2, -0.15) is 0 Å². The van der Waals surface area contributed by atoms with Gasteiger partial charge in [0.2, 0.25) is 11.8 Å². The van der Waals surface area contributed by atoms with E-state index in [2.05, 4.69) is 5.32 Å². The molecule has 0 aromatic heterocycles. The first kappa shape index (κ1) is 16.8. The fourth-order valence-electron chi connectivity index (χ4n) is 3.05. The molecule has 0 bridgehead atoms. The van der Waals surface area contributed by atoms with Gasteiger partial charge < -0.3 is 15.1 Å². The Morgan fingerprint density at radius 2 is 2.00 bits per heavy atom. The maximum absolute atomic E-state index is 12.7. The van der Waals surface area contributed by atoms with Crippen molar-refractivity contribution in [2.24, 2.45) is 5.92 Å². The molecule has 2 fully saturated rings. The third kappa shape index (κ3) is 2.96. The summed E-state index contributed by atoms with van der Waals surface area (Å²) in [6.45, 7) is 4.69. The molecule has 120 valence electrons. The Morgan fingerprint density at radius 1 is 1.32 bits per heavy atom. The average molecular weight is 324 g/mol. The summed E-state index contributed by atoms with van der Waals surface area (Å²) in [5.41, 5.74) is 0.916. The van der Waals surface area contributed by atoms with E-state index in [1.165, 1.54) is 0 Å². The number of rotatable bonds is 4. The standard InChI is InChI=1S/C16H21N3O2.ClH/c1-2-18(15(20)12-10-17-11-12)14-8-9-19(16(14)21)13-6-4-3-5-7-13;/h3-7,12,14,17H,2,8-11H2,1H3;1H. The first-order valence-corrected chi connectivity index (χ1v) is 7.60. The van der Waals surface area contributed by atoms with Gasteiger partial charge in [-0.25, -0.2) is 0 Å². The zero-order chi connectivity index (χ0) is 14.8. The maximum atomic E-state index is 12.7. The second-order valence-corrected chi connectivity index (χ2v) is 5.61. The normalized spacial score (nSPS) is 21.2. The number of amides is 2. The van der Waals surface area contributed by atoms with E-state index in [1.807, 2.05) is 37.3 Å². The number of anilines is 1. The molecule has 1 aromatic rings. The van der Waals surface area contributed by atoms with Crippen LogP contribution in [0.1, 0.15) is 13.3 Å². The van der Waals surface area contributed by atoms with Crippen LogP contribution in [0.25, 0.3) is 0 Å². The molecule has 0 saturated carbocycles. The molecule has 6 heteroatoms. The fourth-order valence-corrected chi connectivity index (χ4v) is 3.05. The third-order valence-electron chi connectivity index (χ3n) is 4.38. The highest BCUT2D eigenvalue weighted by molar-refractivity contribution is 6.01. The molecular weight excluding hydrogens is 302 g/mol. The summed E-state index contributed by atoms with van der Waals surface area (Å²) in [5.74, 6) is 0.205. The quantitative estimate of drug-likeness (QED) is 0.908. The number of nitrogens with zero attached hydrogens (tertiary/aromatic N) is 2. The number of likely N-dealkylation sites (N-methyl/N-ethyl adjacent to an activating group) is 1. The van der Waals surface area contributed by atoms with Crippen molar-refractivity contribution in [1.29, 1.82) is 0 Å². The van der Waals surface area contributed by atoms with Crippen molar-refractivity contribution in [2.75, 3.05) is 31.1 Å². The number of hydrogen-bond acceptors (Lipinski definition) is 3. The van der Waals surface area contributed by atoms with Gasteiger partial charge in [0, 0.05) is 31.9 Å². The third-order valence-corrected chi connectivity index (χ3v) is 4.38. The molecule has 22 heavy (non-hydrogen) atoms. The van der Waals surface area contributed by atoms with E-state index < -0.39 is 0 Å². The molecule has 2 heterocycles. The highest BCUT2D eigenvalue weighted by Crippen LogP contribution is 2.25. The van der Waals surface area contributed by atoms with Gasteiger partial charge in [0.15, 0.2) is 0 Å². The maximum Gasteiger partial charge on any atom is 0.249 e. The summed E-state index contributed by atoms with van der Waals surface area (Å²) >= 11 is 0. The highest BCUT2D eigenvalue weighted by atomic mass is 35.5. The molecule has 0 radical (unpaired) electrons. The first-order chi connectivity index (χ1) is 10.2. The minimum absolute atomic E-state index is 0. The van der Waals surface area contributed by atoms with Gasteiger partial charge in [0.1, 0.15) is 6.04 Å². The molecule has 1 N–H and O–H groups in total. The van der Waals surface area contributed by atoms with Crippen LogP contribution in [0.15, 0.2) is 30.3 Å². The van der Waals surface area contributed by atoms with Crippen molar-refractivity contribution < 1.29 is 9.59 Å². The zero-order valence-corrected chi connectivity index (χ0v) is 13.5. The van der Waals surface area contributed by atoms with Gasteiger partial charge in [-0.1, -0.05) is 18.2 Å². The van der Waals surface area contributed by atoms with Crippen LogP contribution < -0.4 is 10.2 Å². The van der Waals surface area contributed by atoms with Gasteiger partial charge in [-0.15, -0.1) is 12.4 Å². The molecule has 2 aliphatic rings. The Bertz CT molecular complexity index is 533. The van der Waals surface area contributed by atoms with Crippen LogP contribution in [0, 0.1) is 5.92 Å². The number of benzene rings is 1. The second kappa shape index (κ2) is 7.11. The van der Waals surface area contributed by atoms with Crippen molar-refractivity contribution >= 4 is 29.9 Å². The lowest BCUT2D eigenvalue weighted by atomic mass is 10.0. The number of hydrogen-bond donors (Lipinski definition) is 1. The van der Waals surface area contributed by atoms with Crippen molar-refractivity contribution in [3.63, 3.8) is 0 Å². The SMILES string of the molecule is CCN(C(=O)C1CNC1)C1CCN(c2ccccc2)C1=O.Cl. The van der Waals surface area contributed by atoms with Crippen LogP contribution in [0.4, 0.5) is 5.69 Å². The molecule has 2 saturated heterocycles. The Hall–Kier alpha value is -1.59. The van der Waals surface area contributed by atoms with Crippen LogP contribution in [0.3, 0.4) is 0 Å². The Morgan fingerprint density at radius 3 is 2.55 bits per heavy atom. The van der Waals surface area contributed by atoms with Gasteiger partial charge in [-0.05, 0) is 25.5 Å². The van der Waals surface area contributed by atoms with Gasteiger partial charge in [0.05, 0.1) is 5.92 Å². The highest BCUT2D eigenvalue weighted by Gasteiger charge is 2.40. The molecule has 0 aliphatic carbocycles. The van der Waals surface area contributed by atoms with E-state index in [1.54, 1.807) is 9.80 Å². The summed E-state index contributed by atoms with van der Waals surface area (Å²) in [6.07, 6.45) is 0.716. The van der Waals surface area contributed by atoms with Crippen LogP contribution in [-0.4, -0.2) is 48.9 Å². The molecule has 1 atom stereocenters. The summed E-state index contributed by atoms with van der Waals surface area (Å²) in [5, 5.41) is 3.11. The van der Waals surface area contributed by atoms with Crippen molar-refractivity contribution in [3.05, 3.63) is 30.3 Å². The molecule has 3 rings (SSSR count). The molecule has 1 aromatic carbocycles. The topological polar surface area (TPSA) is 52.7 Å². The summed E-state index contributed by atoms with van der Waals surface area (Å²) < 4.78 is 0. The van der Waals surface area contributed by atoms with Crippen LogP contribution in [-0.2, 0) is 9.59 Å². The molecular formula is C16H22ClN3O2. The average Bonchev–Trinajstić information content (AvgIpc) is 2.81. The monoisotopic (exact) mass is 323 g/mol. The lowest BCUT2D eigenvalue weighted by Gasteiger charge is -2.34. The lowest BCUT2D eigenvalue weighted by Crippen LogP contribution is -2.55. The molecule has 2 amide bonds. The number of nitrogens with one attached hydrogen (secondary N) is 1. The number of para-hydroxylation sites is 1. The second-order valence-electron chi connectivity index (χ2n) is 5.61. The van der Waals surface area contributed by atoms with Gasteiger partial charge >= 0.3 is 0 Å². The van der Waals surface area contributed by atoms with Crippen LogP contribution in [0.5, 0.6) is 0 Å². The molecule has 1 unspecified atom stereocenters. The smallest absolute Gasteiger partial charge is 0.249 e. The van der Waals surface area contributed by atoms with Gasteiger partial charge in [0.25, 0.3) is 0 Å². The number of carbonyl (C=O) groups excluding carboxylic acids is 2. The van der Waals surface area contributed by atoms with E-state index in [9.17, 15) is 9.59 Å². The Labute approximate surface area is 137 Å². The summed E-state index contributed by atoms with van der Waals surface area (Å²) in [4.78, 5) is 28.7. The summed E-state index contributed by atoms with van der Waals surface area (Å²) in [7, 11) is 0. The number of halogens is 1. The Kier molecular flexibility index (Phi) is 5.42. The Balaban J connectivity index is 0.00000176. The predicted molar refractivity (Wildman–Crippen MR) is 88.2 cm³/mol. The molecule has 5 nitrogen and oxygen atoms in total. The van der Waals surface area contributed by atoms with E-state index >= 15 is 0 Å². The first-order valence-electron chi connectivity index (χ1n) is 7.60. The summed E-state index contributed by atoms with van der Waals surface area (Å²) in [6, 6.07) is 9.37. The van der Waals surface area contributed by atoms with Crippen LogP contribution >= 0.6 is 12.4 Å². The minimum Gasteiger partial charge on any atom is -0.331 e. The zero-order valence-electron chi connectivity index (χ0n) is 12.7. The van der Waals surface area contributed by atoms with Crippen LogP contribution in [0.2, 0.25) is 0 Å². The van der Waals surface area contributed by atoms with E-state index in [0.717, 1.165) is 18.8 Å². The minimum atomic E-state index is -0.302. The van der Waals surface area contributed by atoms with E-state index in [-0.39, 0.29) is 36.2 Å². The van der Waals surface area contributed by atoms with Crippen molar-refractivity contribution in [3.8, 4) is 0 Å². The molecule has 0 spiro atoms. The fraction of sp³-hybridized carbons (Fsp3) is 0.500. The number of carbonyl (C=O) groups is 2.